The molecule has 1 saturated heterocycles. The van der Waals surface area contributed by atoms with Crippen molar-refractivity contribution in [3.63, 3.8) is 0 Å². The van der Waals surface area contributed by atoms with Gasteiger partial charge in [0.2, 0.25) is 0 Å². The summed E-state index contributed by atoms with van der Waals surface area (Å²) in [5.41, 5.74) is 0. The molecule has 0 radical (unpaired) electrons. The third kappa shape index (κ3) is 2.38. The summed E-state index contributed by atoms with van der Waals surface area (Å²) in [4.78, 5) is 13.1. The lowest BCUT2D eigenvalue weighted by Crippen LogP contribution is -2.38. The number of hydrogen-bond donors (Lipinski definition) is 0. The highest BCUT2D eigenvalue weighted by Crippen LogP contribution is 2.16. The van der Waals surface area contributed by atoms with E-state index in [1.54, 1.807) is 7.11 Å². The summed E-state index contributed by atoms with van der Waals surface area (Å²) in [6.07, 6.45) is 4.13. The van der Waals surface area contributed by atoms with Gasteiger partial charge < -0.3 is 9.64 Å². The molecule has 0 N–H and O–H groups in total. The van der Waals surface area contributed by atoms with Gasteiger partial charge >= 0.3 is 0 Å². The van der Waals surface area contributed by atoms with Crippen LogP contribution in [-0.4, -0.2) is 42.7 Å². The second-order valence-electron chi connectivity index (χ2n) is 2.89. The van der Waals surface area contributed by atoms with Crippen LogP contribution in [0.2, 0.25) is 0 Å². The molecule has 0 unspecified atom stereocenters. The number of hydrogen-bond acceptors (Lipinski definition) is 3. The molecule has 1 heterocycles. The summed E-state index contributed by atoms with van der Waals surface area (Å²) in [5.74, 6) is 0. The van der Waals surface area contributed by atoms with Gasteiger partial charge in [0, 0.05) is 20.2 Å². The van der Waals surface area contributed by atoms with Gasteiger partial charge in [-0.25, -0.2) is 0 Å². The number of rotatable bonds is 1. The summed E-state index contributed by atoms with van der Waals surface area (Å²) >= 11 is 1.29. The molecule has 3 nitrogen and oxygen atoms in total. The average molecular weight is 189 g/mol. The minimum atomic E-state index is 0.185. The van der Waals surface area contributed by atoms with Gasteiger partial charge in [-0.3, -0.25) is 4.79 Å². The van der Waals surface area contributed by atoms with Crippen LogP contribution in [-0.2, 0) is 4.74 Å². The second-order valence-corrected chi connectivity index (χ2v) is 3.65. The van der Waals surface area contributed by atoms with E-state index in [-0.39, 0.29) is 5.24 Å². The normalized spacial score (nSPS) is 19.7. The van der Waals surface area contributed by atoms with Crippen molar-refractivity contribution >= 4 is 17.0 Å². The fraction of sp³-hybridized carbons (Fsp3) is 0.875. The van der Waals surface area contributed by atoms with Crippen molar-refractivity contribution in [1.82, 2.24) is 4.90 Å². The lowest BCUT2D eigenvalue weighted by atomic mass is 10.1. The van der Waals surface area contributed by atoms with Gasteiger partial charge in [-0.15, -0.1) is 0 Å². The van der Waals surface area contributed by atoms with Crippen LogP contribution in [0.4, 0.5) is 4.79 Å². The van der Waals surface area contributed by atoms with E-state index in [0.29, 0.717) is 6.10 Å². The molecule has 1 amide bonds. The molecule has 1 fully saturated rings. The van der Waals surface area contributed by atoms with E-state index in [0.717, 1.165) is 25.9 Å². The Labute approximate surface area is 77.4 Å². The standard InChI is InChI=1S/C8H15NO2S/c1-11-7-3-5-9(6-4-7)8(10)12-2/h7H,3-6H2,1-2H3. The molecule has 0 aromatic heterocycles. The zero-order valence-corrected chi connectivity index (χ0v) is 8.39. The Morgan fingerprint density at radius 1 is 1.50 bits per heavy atom. The minimum absolute atomic E-state index is 0.185. The zero-order valence-electron chi connectivity index (χ0n) is 7.58. The topological polar surface area (TPSA) is 29.5 Å². The van der Waals surface area contributed by atoms with E-state index in [4.69, 9.17) is 4.74 Å². The van der Waals surface area contributed by atoms with E-state index in [9.17, 15) is 4.79 Å². The molecule has 0 aromatic carbocycles. The molecule has 70 valence electrons. The fourth-order valence-corrected chi connectivity index (χ4v) is 1.84. The smallest absolute Gasteiger partial charge is 0.281 e. The molecule has 0 aliphatic carbocycles. The Balaban J connectivity index is 2.30. The predicted molar refractivity (Wildman–Crippen MR) is 50.5 cm³/mol. The Kier molecular flexibility index (Phi) is 3.88. The van der Waals surface area contributed by atoms with Gasteiger partial charge in [0.05, 0.1) is 6.10 Å². The van der Waals surface area contributed by atoms with E-state index >= 15 is 0 Å². The van der Waals surface area contributed by atoms with Crippen LogP contribution in [0.1, 0.15) is 12.8 Å². The van der Waals surface area contributed by atoms with E-state index < -0.39 is 0 Å². The van der Waals surface area contributed by atoms with E-state index in [2.05, 4.69) is 0 Å². The first-order valence-electron chi connectivity index (χ1n) is 4.13. The van der Waals surface area contributed by atoms with Crippen LogP contribution in [0.15, 0.2) is 0 Å². The number of nitrogens with zero attached hydrogens (tertiary/aromatic N) is 1. The monoisotopic (exact) mass is 189 g/mol. The summed E-state index contributed by atoms with van der Waals surface area (Å²) in [6, 6.07) is 0. The molecule has 0 atom stereocenters. The molecule has 0 aromatic rings. The summed E-state index contributed by atoms with van der Waals surface area (Å²) in [7, 11) is 1.73. The molecular weight excluding hydrogens is 174 g/mol. The highest BCUT2D eigenvalue weighted by Gasteiger charge is 2.21. The maximum Gasteiger partial charge on any atom is 0.281 e. The molecule has 1 rings (SSSR count). The van der Waals surface area contributed by atoms with Crippen molar-refractivity contribution in [1.29, 1.82) is 0 Å². The first kappa shape index (κ1) is 9.86. The SMILES string of the molecule is COC1CCN(C(=O)SC)CC1. The maximum atomic E-state index is 11.2. The number of methoxy groups -OCH3 is 1. The van der Waals surface area contributed by atoms with Gasteiger partial charge in [0.1, 0.15) is 0 Å². The number of carbonyl (C=O) groups is 1. The highest BCUT2D eigenvalue weighted by molar-refractivity contribution is 8.12. The molecule has 0 spiro atoms. The van der Waals surface area contributed by atoms with Gasteiger partial charge in [0.15, 0.2) is 0 Å². The number of amides is 1. The molecule has 0 bridgehead atoms. The lowest BCUT2D eigenvalue weighted by Gasteiger charge is -2.30. The Bertz CT molecular complexity index is 155. The average Bonchev–Trinajstić information content (AvgIpc) is 2.17. The fourth-order valence-electron chi connectivity index (χ4n) is 1.40. The van der Waals surface area contributed by atoms with Crippen LogP contribution in [0.5, 0.6) is 0 Å². The number of carbonyl (C=O) groups excluding carboxylic acids is 1. The first-order chi connectivity index (χ1) is 5.77. The van der Waals surface area contributed by atoms with Crippen molar-refractivity contribution in [3.05, 3.63) is 0 Å². The maximum absolute atomic E-state index is 11.2. The van der Waals surface area contributed by atoms with E-state index in [1.807, 2.05) is 11.2 Å². The third-order valence-corrected chi connectivity index (χ3v) is 2.82. The minimum Gasteiger partial charge on any atom is -0.381 e. The molecule has 1 aliphatic heterocycles. The van der Waals surface area contributed by atoms with Gasteiger partial charge in [-0.1, -0.05) is 11.8 Å². The summed E-state index contributed by atoms with van der Waals surface area (Å²) in [6.45, 7) is 1.69. The van der Waals surface area contributed by atoms with Crippen molar-refractivity contribution in [2.45, 2.75) is 18.9 Å². The third-order valence-electron chi connectivity index (χ3n) is 2.21. The molecule has 4 heteroatoms. The zero-order chi connectivity index (χ0) is 8.97. The quantitative estimate of drug-likeness (QED) is 0.627. The van der Waals surface area contributed by atoms with Crippen molar-refractivity contribution < 1.29 is 9.53 Å². The Morgan fingerprint density at radius 2 is 2.08 bits per heavy atom. The number of piperidine rings is 1. The highest BCUT2D eigenvalue weighted by atomic mass is 32.2. The van der Waals surface area contributed by atoms with Crippen LogP contribution >= 0.6 is 11.8 Å². The summed E-state index contributed by atoms with van der Waals surface area (Å²) < 4.78 is 5.21. The van der Waals surface area contributed by atoms with Crippen LogP contribution < -0.4 is 0 Å². The summed E-state index contributed by atoms with van der Waals surface area (Å²) in [5, 5.41) is 0.185. The van der Waals surface area contributed by atoms with Gasteiger partial charge in [-0.2, -0.15) is 0 Å². The second kappa shape index (κ2) is 4.72. The Hall–Kier alpha value is -0.220. The van der Waals surface area contributed by atoms with Crippen molar-refractivity contribution in [3.8, 4) is 0 Å². The molecule has 12 heavy (non-hydrogen) atoms. The van der Waals surface area contributed by atoms with Crippen LogP contribution in [0.3, 0.4) is 0 Å². The number of likely N-dealkylation sites (tertiary alicyclic amines) is 1. The first-order valence-corrected chi connectivity index (χ1v) is 5.36. The van der Waals surface area contributed by atoms with E-state index in [1.165, 1.54) is 11.8 Å². The molecule has 0 saturated carbocycles. The largest absolute Gasteiger partial charge is 0.381 e. The van der Waals surface area contributed by atoms with Gasteiger partial charge in [0.25, 0.3) is 5.24 Å². The number of ether oxygens (including phenoxy) is 1. The predicted octanol–water partition coefficient (Wildman–Crippen LogP) is 1.58. The number of thioether (sulfide) groups is 1. The van der Waals surface area contributed by atoms with Crippen LogP contribution in [0, 0.1) is 0 Å². The van der Waals surface area contributed by atoms with Crippen molar-refractivity contribution in [2.75, 3.05) is 26.5 Å². The molecular formula is C8H15NO2S. The lowest BCUT2D eigenvalue weighted by molar-refractivity contribution is 0.0536. The van der Waals surface area contributed by atoms with Gasteiger partial charge in [-0.05, 0) is 19.1 Å². The molecule has 1 aliphatic rings. The van der Waals surface area contributed by atoms with Crippen molar-refractivity contribution in [2.24, 2.45) is 0 Å². The Morgan fingerprint density at radius 3 is 2.50 bits per heavy atom. The van der Waals surface area contributed by atoms with Crippen LogP contribution in [0.25, 0.3) is 0 Å².